The van der Waals surface area contributed by atoms with Gasteiger partial charge in [0.25, 0.3) is 0 Å². The van der Waals surface area contributed by atoms with Crippen LogP contribution in [0.5, 0.6) is 0 Å². The summed E-state index contributed by atoms with van der Waals surface area (Å²) in [6.07, 6.45) is 5.04. The van der Waals surface area contributed by atoms with Crippen molar-refractivity contribution in [1.82, 2.24) is 0 Å². The maximum Gasteiger partial charge on any atom is 0.0821 e. The molecule has 0 aromatic heterocycles. The molecule has 1 fully saturated rings. The Kier molecular flexibility index (Phi) is 2.99. The van der Waals surface area contributed by atoms with E-state index < -0.39 is 11.1 Å². The molecule has 1 saturated carbocycles. The molecule has 0 aliphatic heterocycles. The molecule has 1 aliphatic carbocycles. The first-order valence-electron chi connectivity index (χ1n) is 5.68. The van der Waals surface area contributed by atoms with E-state index in [-0.39, 0.29) is 0 Å². The first-order chi connectivity index (χ1) is 6.16. The Labute approximate surface area is 87.9 Å². The molecule has 0 aromatic carbocycles. The Bertz CT molecular complexity index is 205. The van der Waals surface area contributed by atoms with Gasteiger partial charge in [0.15, 0.2) is 0 Å². The van der Waals surface area contributed by atoms with E-state index in [1.165, 1.54) is 6.42 Å². The topological polar surface area (TPSA) is 46.2 Å². The average Bonchev–Trinajstić information content (AvgIpc) is 2.10. The highest BCUT2D eigenvalue weighted by Gasteiger charge is 2.42. The lowest BCUT2D eigenvalue weighted by Gasteiger charge is -2.40. The van der Waals surface area contributed by atoms with Crippen LogP contribution in [0.15, 0.2) is 0 Å². The molecule has 0 aromatic rings. The summed E-state index contributed by atoms with van der Waals surface area (Å²) in [5, 5.41) is 10.5. The molecule has 0 amide bonds. The van der Waals surface area contributed by atoms with Gasteiger partial charge in [0.05, 0.1) is 5.60 Å². The summed E-state index contributed by atoms with van der Waals surface area (Å²) in [6.45, 7) is 8.43. The summed E-state index contributed by atoms with van der Waals surface area (Å²) in [6, 6.07) is 0. The van der Waals surface area contributed by atoms with Gasteiger partial charge in [0, 0.05) is 5.54 Å². The third-order valence-electron chi connectivity index (χ3n) is 3.86. The molecule has 1 aliphatic rings. The lowest BCUT2D eigenvalue weighted by molar-refractivity contribution is -0.0362. The van der Waals surface area contributed by atoms with Crippen LogP contribution in [0.3, 0.4) is 0 Å². The van der Waals surface area contributed by atoms with E-state index in [4.69, 9.17) is 5.73 Å². The van der Waals surface area contributed by atoms with Crippen LogP contribution in [0.1, 0.15) is 59.8 Å². The second-order valence-corrected chi connectivity index (χ2v) is 6.27. The smallest absolute Gasteiger partial charge is 0.0821 e. The number of aliphatic hydroxyl groups is 1. The predicted molar refractivity (Wildman–Crippen MR) is 60.1 cm³/mol. The van der Waals surface area contributed by atoms with Gasteiger partial charge >= 0.3 is 0 Å². The number of rotatable bonds is 1. The van der Waals surface area contributed by atoms with Crippen LogP contribution in [0.2, 0.25) is 0 Å². The fourth-order valence-electron chi connectivity index (χ4n) is 2.30. The van der Waals surface area contributed by atoms with Crippen molar-refractivity contribution >= 4 is 0 Å². The van der Waals surface area contributed by atoms with Crippen molar-refractivity contribution in [2.24, 2.45) is 11.1 Å². The maximum absolute atomic E-state index is 10.5. The maximum atomic E-state index is 10.5. The Balaban J connectivity index is 2.75. The molecule has 14 heavy (non-hydrogen) atoms. The highest BCUT2D eigenvalue weighted by Crippen LogP contribution is 2.41. The van der Waals surface area contributed by atoms with Crippen LogP contribution in [-0.4, -0.2) is 16.2 Å². The van der Waals surface area contributed by atoms with Gasteiger partial charge in [-0.2, -0.15) is 0 Å². The Morgan fingerprint density at radius 2 is 1.64 bits per heavy atom. The normalized spacial score (nSPS) is 33.9. The van der Waals surface area contributed by atoms with Gasteiger partial charge in [-0.3, -0.25) is 0 Å². The Morgan fingerprint density at radius 1 is 1.07 bits per heavy atom. The van der Waals surface area contributed by atoms with Gasteiger partial charge in [-0.05, 0) is 51.4 Å². The summed E-state index contributed by atoms with van der Waals surface area (Å²) >= 11 is 0. The minimum Gasteiger partial charge on any atom is -0.388 e. The molecular formula is C12H25NO. The minimum atomic E-state index is -0.666. The quantitative estimate of drug-likeness (QED) is 0.637. The van der Waals surface area contributed by atoms with E-state index in [1.54, 1.807) is 0 Å². The number of nitrogens with two attached hydrogens (primary N) is 1. The first kappa shape index (κ1) is 12.0. The van der Waals surface area contributed by atoms with Crippen molar-refractivity contribution in [3.05, 3.63) is 0 Å². The fourth-order valence-corrected chi connectivity index (χ4v) is 2.30. The van der Waals surface area contributed by atoms with Crippen LogP contribution in [0.4, 0.5) is 0 Å². The molecule has 3 N–H and O–H groups in total. The molecule has 0 bridgehead atoms. The second-order valence-electron chi connectivity index (χ2n) is 6.27. The van der Waals surface area contributed by atoms with E-state index in [9.17, 15) is 5.11 Å². The van der Waals surface area contributed by atoms with Crippen molar-refractivity contribution < 1.29 is 5.11 Å². The summed E-state index contributed by atoms with van der Waals surface area (Å²) in [4.78, 5) is 0. The van der Waals surface area contributed by atoms with Crippen LogP contribution in [-0.2, 0) is 0 Å². The molecule has 0 heterocycles. The van der Waals surface area contributed by atoms with Crippen LogP contribution >= 0.6 is 0 Å². The first-order valence-corrected chi connectivity index (χ1v) is 5.68. The Hall–Kier alpha value is -0.0800. The molecule has 0 radical (unpaired) electrons. The van der Waals surface area contributed by atoms with Gasteiger partial charge in [0.1, 0.15) is 0 Å². The van der Waals surface area contributed by atoms with E-state index in [0.717, 1.165) is 25.7 Å². The minimum absolute atomic E-state index is 0.371. The highest BCUT2D eigenvalue weighted by molar-refractivity contribution is 4.99. The molecule has 1 rings (SSSR count). The van der Waals surface area contributed by atoms with Gasteiger partial charge in [-0.25, -0.2) is 0 Å². The summed E-state index contributed by atoms with van der Waals surface area (Å²) in [5.41, 5.74) is 5.28. The molecule has 0 spiro atoms. The fraction of sp³-hybridized carbons (Fsp3) is 1.00. The van der Waals surface area contributed by atoms with E-state index in [0.29, 0.717) is 5.41 Å². The monoisotopic (exact) mass is 199 g/mol. The van der Waals surface area contributed by atoms with Crippen molar-refractivity contribution in [2.45, 2.75) is 70.9 Å². The SMILES string of the molecule is CC1(C)CCCC(O)(C(C)(C)N)CC1. The van der Waals surface area contributed by atoms with Crippen molar-refractivity contribution in [2.75, 3.05) is 0 Å². The zero-order valence-electron chi connectivity index (χ0n) is 10.1. The van der Waals surface area contributed by atoms with Gasteiger partial charge in [-0.15, -0.1) is 0 Å². The zero-order chi connectivity index (χ0) is 11.0. The molecule has 2 nitrogen and oxygen atoms in total. The molecular weight excluding hydrogens is 174 g/mol. The highest BCUT2D eigenvalue weighted by atomic mass is 16.3. The van der Waals surface area contributed by atoms with Crippen molar-refractivity contribution in [1.29, 1.82) is 0 Å². The van der Waals surface area contributed by atoms with Crippen molar-refractivity contribution in [3.8, 4) is 0 Å². The lowest BCUT2D eigenvalue weighted by atomic mass is 9.77. The van der Waals surface area contributed by atoms with Crippen LogP contribution in [0.25, 0.3) is 0 Å². The summed E-state index contributed by atoms with van der Waals surface area (Å²) in [5.74, 6) is 0. The van der Waals surface area contributed by atoms with Crippen LogP contribution in [0, 0.1) is 5.41 Å². The van der Waals surface area contributed by atoms with E-state index in [2.05, 4.69) is 13.8 Å². The summed E-state index contributed by atoms with van der Waals surface area (Å²) < 4.78 is 0. The van der Waals surface area contributed by atoms with Gasteiger partial charge in [0.2, 0.25) is 0 Å². The van der Waals surface area contributed by atoms with Gasteiger partial charge in [-0.1, -0.05) is 13.8 Å². The summed E-state index contributed by atoms with van der Waals surface area (Å²) in [7, 11) is 0. The van der Waals surface area contributed by atoms with Crippen molar-refractivity contribution in [3.63, 3.8) is 0 Å². The number of hydrogen-bond donors (Lipinski definition) is 2. The zero-order valence-corrected chi connectivity index (χ0v) is 10.1. The van der Waals surface area contributed by atoms with Crippen LogP contribution < -0.4 is 5.73 Å². The largest absolute Gasteiger partial charge is 0.388 e. The third-order valence-corrected chi connectivity index (χ3v) is 3.86. The molecule has 1 atom stereocenters. The standard InChI is InChI=1S/C12H25NO/c1-10(2)6-5-7-12(14,9-8-10)11(3,4)13/h14H,5-9,13H2,1-4H3. The molecule has 1 unspecified atom stereocenters. The molecule has 0 saturated heterocycles. The molecule has 2 heteroatoms. The predicted octanol–water partition coefficient (Wildman–Crippen LogP) is 2.45. The number of hydrogen-bond acceptors (Lipinski definition) is 2. The van der Waals surface area contributed by atoms with E-state index >= 15 is 0 Å². The average molecular weight is 199 g/mol. The molecule has 84 valence electrons. The van der Waals surface area contributed by atoms with E-state index in [1.807, 2.05) is 13.8 Å². The Morgan fingerprint density at radius 3 is 2.14 bits per heavy atom. The second kappa shape index (κ2) is 3.49. The third kappa shape index (κ3) is 2.48. The van der Waals surface area contributed by atoms with Gasteiger partial charge < -0.3 is 10.8 Å². The lowest BCUT2D eigenvalue weighted by Crippen LogP contribution is -2.56.